The van der Waals surface area contributed by atoms with Crippen molar-refractivity contribution in [2.45, 2.75) is 44.9 Å². The van der Waals surface area contributed by atoms with Crippen molar-refractivity contribution in [3.63, 3.8) is 0 Å². The maximum absolute atomic E-state index is 12.3. The highest BCUT2D eigenvalue weighted by Crippen LogP contribution is 2.13. The number of thioether (sulfide) groups is 1. The van der Waals surface area contributed by atoms with Crippen LogP contribution in [0, 0.1) is 0 Å². The van der Waals surface area contributed by atoms with Crippen LogP contribution in [0.3, 0.4) is 0 Å². The highest BCUT2D eigenvalue weighted by Gasteiger charge is 2.11. The minimum atomic E-state index is -0.308. The van der Waals surface area contributed by atoms with Crippen LogP contribution in [-0.4, -0.2) is 37.2 Å². The number of amides is 1. The van der Waals surface area contributed by atoms with E-state index in [1.807, 2.05) is 20.8 Å². The van der Waals surface area contributed by atoms with Gasteiger partial charge in [-0.2, -0.15) is 0 Å². The van der Waals surface area contributed by atoms with Crippen molar-refractivity contribution in [1.82, 2.24) is 24.8 Å². The summed E-state index contributed by atoms with van der Waals surface area (Å²) in [6.45, 7) is 5.84. The van der Waals surface area contributed by atoms with E-state index in [1.165, 1.54) is 28.9 Å². The smallest absolute Gasteiger partial charge is 0.264 e. The molecule has 0 radical (unpaired) electrons. The molecule has 0 aliphatic heterocycles. The molecule has 0 saturated carbocycles. The summed E-state index contributed by atoms with van der Waals surface area (Å²) in [7, 11) is 0. The second-order valence-corrected chi connectivity index (χ2v) is 6.11. The molecule has 1 amide bonds. The van der Waals surface area contributed by atoms with Crippen LogP contribution in [-0.2, 0) is 11.3 Å². The largest absolute Gasteiger partial charge is 0.352 e. The zero-order valence-corrected chi connectivity index (χ0v) is 13.7. The Kier molecular flexibility index (Phi) is 5.48. The maximum atomic E-state index is 12.3. The van der Waals surface area contributed by atoms with E-state index in [0.29, 0.717) is 16.2 Å². The molecule has 0 fully saturated rings. The van der Waals surface area contributed by atoms with Crippen molar-refractivity contribution in [3.8, 4) is 0 Å². The van der Waals surface area contributed by atoms with Gasteiger partial charge in [-0.25, -0.2) is 15.0 Å². The van der Waals surface area contributed by atoms with Crippen LogP contribution in [0.5, 0.6) is 0 Å². The molecule has 22 heavy (non-hydrogen) atoms. The second-order valence-electron chi connectivity index (χ2n) is 4.88. The van der Waals surface area contributed by atoms with E-state index >= 15 is 0 Å². The lowest BCUT2D eigenvalue weighted by Gasteiger charge is -2.12. The normalized spacial score (nSPS) is 12.3. The Morgan fingerprint density at radius 1 is 1.41 bits per heavy atom. The maximum Gasteiger partial charge on any atom is 0.264 e. The molecule has 1 N–H and O–H groups in total. The summed E-state index contributed by atoms with van der Waals surface area (Å²) in [4.78, 5) is 36.7. The van der Waals surface area contributed by atoms with Crippen LogP contribution in [0.2, 0.25) is 0 Å². The van der Waals surface area contributed by atoms with E-state index < -0.39 is 0 Å². The van der Waals surface area contributed by atoms with Gasteiger partial charge >= 0.3 is 0 Å². The number of carbonyl (C=O) groups is 1. The first-order valence-electron chi connectivity index (χ1n) is 7.19. The van der Waals surface area contributed by atoms with Gasteiger partial charge in [0.2, 0.25) is 5.91 Å². The molecule has 2 aromatic heterocycles. The molecule has 0 spiro atoms. The SMILES string of the molecule is CCSc1ncc2c(=O)n(CC(=O)N[C@@H](C)CC)cnc2n1. The van der Waals surface area contributed by atoms with Gasteiger partial charge < -0.3 is 5.32 Å². The van der Waals surface area contributed by atoms with Crippen LogP contribution >= 0.6 is 11.8 Å². The first kappa shape index (κ1) is 16.4. The summed E-state index contributed by atoms with van der Waals surface area (Å²) in [6.07, 6.45) is 3.66. The fourth-order valence-electron chi connectivity index (χ4n) is 1.83. The Morgan fingerprint density at radius 2 is 2.18 bits per heavy atom. The summed E-state index contributed by atoms with van der Waals surface area (Å²) in [5, 5.41) is 3.73. The van der Waals surface area contributed by atoms with Crippen LogP contribution < -0.4 is 10.9 Å². The minimum Gasteiger partial charge on any atom is -0.352 e. The van der Waals surface area contributed by atoms with E-state index in [2.05, 4.69) is 20.3 Å². The van der Waals surface area contributed by atoms with Gasteiger partial charge in [0.15, 0.2) is 10.8 Å². The van der Waals surface area contributed by atoms with Gasteiger partial charge in [-0.1, -0.05) is 25.6 Å². The molecule has 8 heteroatoms. The molecule has 0 bridgehead atoms. The molecular weight excluding hydrogens is 302 g/mol. The number of hydrogen-bond acceptors (Lipinski definition) is 6. The number of carbonyl (C=O) groups excluding carboxylic acids is 1. The van der Waals surface area contributed by atoms with Gasteiger partial charge in [0.1, 0.15) is 18.3 Å². The van der Waals surface area contributed by atoms with Crippen LogP contribution in [0.15, 0.2) is 22.5 Å². The third-order valence-electron chi connectivity index (χ3n) is 3.16. The standard InChI is InChI=1S/C14H19N5O2S/c1-4-9(3)17-11(20)7-19-8-16-12-10(13(19)21)6-15-14(18-12)22-5-2/h6,8-9H,4-5,7H2,1-3H3,(H,17,20)/t9-/m0/s1. The Labute approximate surface area is 132 Å². The Morgan fingerprint density at radius 3 is 2.86 bits per heavy atom. The summed E-state index contributed by atoms with van der Waals surface area (Å²) in [6, 6.07) is 0.0774. The lowest BCUT2D eigenvalue weighted by Crippen LogP contribution is -2.37. The molecule has 118 valence electrons. The van der Waals surface area contributed by atoms with E-state index in [1.54, 1.807) is 0 Å². The van der Waals surface area contributed by atoms with Crippen LogP contribution in [0.1, 0.15) is 27.2 Å². The molecule has 0 saturated heterocycles. The number of rotatable bonds is 6. The summed E-state index contributed by atoms with van der Waals surface area (Å²) in [5.74, 6) is 0.634. The van der Waals surface area contributed by atoms with E-state index in [-0.39, 0.29) is 24.1 Å². The third-order valence-corrected chi connectivity index (χ3v) is 3.91. The van der Waals surface area contributed by atoms with Crippen molar-refractivity contribution in [3.05, 3.63) is 22.9 Å². The van der Waals surface area contributed by atoms with E-state index in [9.17, 15) is 9.59 Å². The Bertz CT molecular complexity index is 731. The molecule has 0 aliphatic carbocycles. The van der Waals surface area contributed by atoms with Gasteiger partial charge in [-0.3, -0.25) is 14.2 Å². The summed E-state index contributed by atoms with van der Waals surface area (Å²) >= 11 is 1.48. The van der Waals surface area contributed by atoms with Crippen molar-refractivity contribution < 1.29 is 4.79 Å². The number of nitrogens with one attached hydrogen (secondary N) is 1. The van der Waals surface area contributed by atoms with Crippen LogP contribution in [0.4, 0.5) is 0 Å². The quantitative estimate of drug-likeness (QED) is 0.635. The molecular formula is C14H19N5O2S. The highest BCUT2D eigenvalue weighted by molar-refractivity contribution is 7.99. The number of fused-ring (bicyclic) bond motifs is 1. The number of hydrogen-bond donors (Lipinski definition) is 1. The second kappa shape index (κ2) is 7.35. The molecule has 7 nitrogen and oxygen atoms in total. The molecule has 2 rings (SSSR count). The van der Waals surface area contributed by atoms with Gasteiger partial charge in [-0.05, 0) is 19.1 Å². The number of nitrogens with zero attached hydrogens (tertiary/aromatic N) is 4. The predicted molar refractivity (Wildman–Crippen MR) is 85.9 cm³/mol. The van der Waals surface area contributed by atoms with Crippen molar-refractivity contribution in [2.75, 3.05) is 5.75 Å². The first-order valence-corrected chi connectivity index (χ1v) is 8.18. The average Bonchev–Trinajstić information content (AvgIpc) is 2.50. The van der Waals surface area contributed by atoms with E-state index in [0.717, 1.165) is 12.2 Å². The Balaban J connectivity index is 2.25. The van der Waals surface area contributed by atoms with E-state index in [4.69, 9.17) is 0 Å². The fraction of sp³-hybridized carbons (Fsp3) is 0.500. The minimum absolute atomic E-state index is 0.0580. The topological polar surface area (TPSA) is 89.8 Å². The summed E-state index contributed by atoms with van der Waals surface area (Å²) < 4.78 is 1.27. The van der Waals surface area contributed by atoms with Gasteiger partial charge in [0.25, 0.3) is 5.56 Å². The van der Waals surface area contributed by atoms with Crippen molar-refractivity contribution >= 4 is 28.7 Å². The molecule has 0 unspecified atom stereocenters. The monoisotopic (exact) mass is 321 g/mol. The zero-order valence-electron chi connectivity index (χ0n) is 12.9. The molecule has 2 heterocycles. The average molecular weight is 321 g/mol. The van der Waals surface area contributed by atoms with Gasteiger partial charge in [-0.15, -0.1) is 0 Å². The van der Waals surface area contributed by atoms with Gasteiger partial charge in [0.05, 0.1) is 0 Å². The highest BCUT2D eigenvalue weighted by atomic mass is 32.2. The molecule has 0 aliphatic rings. The van der Waals surface area contributed by atoms with Crippen molar-refractivity contribution in [1.29, 1.82) is 0 Å². The van der Waals surface area contributed by atoms with Crippen LogP contribution in [0.25, 0.3) is 11.0 Å². The lowest BCUT2D eigenvalue weighted by atomic mass is 10.2. The number of aromatic nitrogens is 4. The molecule has 2 aromatic rings. The predicted octanol–water partition coefficient (Wildman–Crippen LogP) is 1.21. The zero-order chi connectivity index (χ0) is 16.1. The first-order chi connectivity index (χ1) is 10.5. The lowest BCUT2D eigenvalue weighted by molar-refractivity contribution is -0.122. The summed E-state index contributed by atoms with van der Waals surface area (Å²) in [5.41, 5.74) is 0.0480. The molecule has 1 atom stereocenters. The third kappa shape index (κ3) is 3.82. The fourth-order valence-corrected chi connectivity index (χ4v) is 2.36. The van der Waals surface area contributed by atoms with Crippen molar-refractivity contribution in [2.24, 2.45) is 0 Å². The molecule has 0 aromatic carbocycles. The van der Waals surface area contributed by atoms with Gasteiger partial charge in [0, 0.05) is 12.2 Å². The Hall–Kier alpha value is -1.96.